The van der Waals surface area contributed by atoms with E-state index in [1.165, 1.54) is 6.92 Å². The molecule has 2 heterocycles. The quantitative estimate of drug-likeness (QED) is 0.0709. The van der Waals surface area contributed by atoms with E-state index < -0.39 is 0 Å². The van der Waals surface area contributed by atoms with Crippen LogP contribution in [0.5, 0.6) is 0 Å². The fraction of sp³-hybridized carbons (Fsp3) is 0.632. The van der Waals surface area contributed by atoms with Crippen molar-refractivity contribution in [1.82, 2.24) is 0 Å². The van der Waals surface area contributed by atoms with E-state index in [0.717, 1.165) is 24.0 Å². The molecule has 3 fully saturated rings. The van der Waals surface area contributed by atoms with E-state index in [1.807, 2.05) is 57.2 Å². The van der Waals surface area contributed by atoms with Crippen molar-refractivity contribution in [3.8, 4) is 0 Å². The van der Waals surface area contributed by atoms with Crippen molar-refractivity contribution in [3.63, 3.8) is 0 Å². The van der Waals surface area contributed by atoms with E-state index in [4.69, 9.17) is 18.9 Å². The molecule has 270 valence electrons. The molecule has 48 heavy (non-hydrogen) atoms. The molecule has 0 unspecified atom stereocenters. The predicted octanol–water partition coefficient (Wildman–Crippen LogP) is 5.98. The molecule has 2 saturated heterocycles. The van der Waals surface area contributed by atoms with Gasteiger partial charge in [0, 0.05) is 57.6 Å². The molecular weight excluding hydrogens is 707 g/mol. The zero-order chi connectivity index (χ0) is 33.7. The number of Topliss-reactive ketones (excluding diaryl/α,β-unsaturated/α-hetero) is 2. The predicted molar refractivity (Wildman–Crippen MR) is 176 cm³/mol. The smallest absolute Gasteiger partial charge is 0.313 e. The molecule has 4 aliphatic rings. The molecule has 11 atom stereocenters. The van der Waals surface area contributed by atoms with Crippen LogP contribution in [0.3, 0.4) is 0 Å². The number of benzene rings is 1. The molecule has 1 saturated carbocycles. The first-order valence-corrected chi connectivity index (χ1v) is 16.7. The second kappa shape index (κ2) is 18.4. The zero-order valence-corrected chi connectivity index (χ0v) is 31.1. The maximum absolute atomic E-state index is 12.4. The van der Waals surface area contributed by atoms with Crippen LogP contribution in [0.4, 0.5) is 0 Å². The average Bonchev–Trinajstić information content (AvgIpc) is 3.43. The molecule has 2 aliphatic carbocycles. The number of fused-ring (bicyclic) bond motifs is 2. The normalized spacial score (nSPS) is 33.1. The zero-order valence-electron chi connectivity index (χ0n) is 29.5. The summed E-state index contributed by atoms with van der Waals surface area (Å²) < 4.78 is 21.6. The Bertz CT molecular complexity index is 1310. The first kappa shape index (κ1) is 41.5. The van der Waals surface area contributed by atoms with Gasteiger partial charge in [-0.3, -0.25) is 24.0 Å². The van der Waals surface area contributed by atoms with Crippen LogP contribution in [-0.4, -0.2) is 54.9 Å². The third-order valence-electron chi connectivity index (χ3n) is 10.6. The van der Waals surface area contributed by atoms with Gasteiger partial charge in [-0.05, 0) is 77.2 Å². The van der Waals surface area contributed by atoms with E-state index in [9.17, 15) is 24.0 Å². The van der Waals surface area contributed by atoms with Crippen molar-refractivity contribution in [2.24, 2.45) is 53.3 Å². The number of esters is 3. The van der Waals surface area contributed by atoms with Gasteiger partial charge in [0.05, 0.1) is 25.0 Å². The van der Waals surface area contributed by atoms with Gasteiger partial charge in [0.15, 0.2) is 0 Å². The molecule has 0 amide bonds. The average molecular weight is 760 g/mol. The fourth-order valence-corrected chi connectivity index (χ4v) is 8.60. The number of rotatable bonds is 10. The van der Waals surface area contributed by atoms with Crippen LogP contribution in [0.1, 0.15) is 73.3 Å². The van der Waals surface area contributed by atoms with E-state index in [2.05, 4.69) is 6.92 Å². The second-order valence-electron chi connectivity index (χ2n) is 13.7. The molecule has 0 N–H and O–H groups in total. The van der Waals surface area contributed by atoms with Crippen LogP contribution >= 0.6 is 0 Å². The Labute approximate surface area is 299 Å². The minimum atomic E-state index is -0.302. The van der Waals surface area contributed by atoms with Gasteiger partial charge >= 0.3 is 17.9 Å². The van der Waals surface area contributed by atoms with E-state index in [1.54, 1.807) is 13.8 Å². The third kappa shape index (κ3) is 9.52. The first-order chi connectivity index (χ1) is 21.8. The van der Waals surface area contributed by atoms with Crippen LogP contribution in [0.15, 0.2) is 42.0 Å². The van der Waals surface area contributed by atoms with E-state index in [-0.39, 0.29) is 123 Å². The first-order valence-electron chi connectivity index (χ1n) is 16.7. The van der Waals surface area contributed by atoms with Crippen LogP contribution in [0.2, 0.25) is 0 Å². The molecule has 10 heteroatoms. The summed E-state index contributed by atoms with van der Waals surface area (Å²) in [5.41, 5.74) is 2.25. The summed E-state index contributed by atoms with van der Waals surface area (Å²) in [4.78, 5) is 59.4. The van der Waals surface area contributed by atoms with Gasteiger partial charge in [0.25, 0.3) is 0 Å². The number of carbonyl (C=O) groups is 5. The van der Waals surface area contributed by atoms with Crippen molar-refractivity contribution in [2.75, 3.05) is 13.2 Å². The van der Waals surface area contributed by atoms with Gasteiger partial charge in [-0.15, -0.1) is 0 Å². The number of ketones is 2. The van der Waals surface area contributed by atoms with Crippen molar-refractivity contribution < 1.29 is 63.3 Å². The molecule has 5 rings (SSSR count). The molecule has 1 aromatic rings. The van der Waals surface area contributed by atoms with Gasteiger partial charge in [0.2, 0.25) is 0 Å². The third-order valence-corrected chi connectivity index (χ3v) is 10.6. The maximum Gasteiger partial charge on any atom is 0.313 e. The summed E-state index contributed by atoms with van der Waals surface area (Å²) in [5, 5.41) is 0. The van der Waals surface area contributed by atoms with Gasteiger partial charge in [-0.1, -0.05) is 48.9 Å². The largest absolute Gasteiger partial charge is 0.466 e. The van der Waals surface area contributed by atoms with Crippen molar-refractivity contribution in [2.45, 2.75) is 86.5 Å². The summed E-state index contributed by atoms with van der Waals surface area (Å²) in [7, 11) is 0. The number of hydrogen-bond donors (Lipinski definition) is 0. The van der Waals surface area contributed by atoms with Gasteiger partial charge < -0.3 is 26.4 Å². The Balaban J connectivity index is 0.000000325. The van der Waals surface area contributed by atoms with Gasteiger partial charge in [-0.25, -0.2) is 0 Å². The van der Waals surface area contributed by atoms with E-state index >= 15 is 0 Å². The van der Waals surface area contributed by atoms with Gasteiger partial charge in [0.1, 0.15) is 23.8 Å². The maximum atomic E-state index is 12.4. The van der Waals surface area contributed by atoms with Crippen LogP contribution in [0, 0.1) is 60.7 Å². The number of hydrogen-bond acceptors (Lipinski definition) is 9. The van der Waals surface area contributed by atoms with Crippen molar-refractivity contribution in [3.05, 3.63) is 55.0 Å². The summed E-state index contributed by atoms with van der Waals surface area (Å²) in [6.45, 7) is 14.0. The minimum absolute atomic E-state index is 0. The molecular formula is C38H53O9Pd-. The Morgan fingerprint density at radius 1 is 0.833 bits per heavy atom. The monoisotopic (exact) mass is 759 g/mol. The molecule has 1 aromatic carbocycles. The molecule has 0 aromatic heterocycles. The SMILES string of the molecule is CC(=O)OCC[C@H]1[C@H](C(C)=O)[C@@H]2[C@@H](C)OC(=O)[C@@H]2C[C@@H]1C.CC(=O)[C@@H]1[C@@H]2[C@@H](C)OC(=O)[C@@H]2C=C(C)[C@H]1CCOCc1ccccc1.[CH3-].[Pd]. The Morgan fingerprint density at radius 2 is 1.44 bits per heavy atom. The molecule has 2 aliphatic heterocycles. The number of ether oxygens (including phenoxy) is 4. The molecule has 0 bridgehead atoms. The summed E-state index contributed by atoms with van der Waals surface area (Å²) in [6.07, 6.45) is 3.79. The second-order valence-corrected chi connectivity index (χ2v) is 13.7. The fourth-order valence-electron chi connectivity index (χ4n) is 8.60. The summed E-state index contributed by atoms with van der Waals surface area (Å²) in [6, 6.07) is 10.1. The Kier molecular flexibility index (Phi) is 15.9. The summed E-state index contributed by atoms with van der Waals surface area (Å²) >= 11 is 0. The minimum Gasteiger partial charge on any atom is -0.466 e. The molecule has 0 radical (unpaired) electrons. The summed E-state index contributed by atoms with van der Waals surface area (Å²) in [5.74, 6) is -0.780. The number of cyclic esters (lactones) is 2. The number of allylic oxidation sites excluding steroid dienone is 1. The van der Waals surface area contributed by atoms with Crippen molar-refractivity contribution >= 4 is 29.5 Å². The molecule has 9 nitrogen and oxygen atoms in total. The van der Waals surface area contributed by atoms with Crippen LogP contribution in [0.25, 0.3) is 0 Å². The topological polar surface area (TPSA) is 122 Å². The molecule has 0 spiro atoms. The Hall–Kier alpha value is -2.67. The van der Waals surface area contributed by atoms with Crippen LogP contribution in [-0.2, 0) is 69.9 Å². The van der Waals surface area contributed by atoms with Crippen LogP contribution < -0.4 is 0 Å². The van der Waals surface area contributed by atoms with Crippen molar-refractivity contribution in [1.29, 1.82) is 0 Å². The number of carbonyl (C=O) groups excluding carboxylic acids is 5. The van der Waals surface area contributed by atoms with E-state index in [0.29, 0.717) is 26.2 Å². The van der Waals surface area contributed by atoms with Gasteiger partial charge in [-0.2, -0.15) is 0 Å². The standard InChI is InChI=1S/C21H26O4.C16H24O5.CH3.Pd/c1-13-11-18-20(15(3)25-21(18)23)19(14(2)22)17(13)9-10-24-12-16-7-5-4-6-8-16;1-8-7-13-15(10(3)21-16(13)19)14(9(2)17)12(8)5-6-20-11(4)18;;/h4-8,11,15,17-20H,9-10,12H2,1-3H3;8,10,12-15H,5-7H2,1-4H3;1H3;/q;;-1;/t15-,17-,18-,19+,20-;8-,10+,12+,13+,14-,15+;;/m10../s1. The Morgan fingerprint density at radius 3 is 2.04 bits per heavy atom.